The van der Waals surface area contributed by atoms with Gasteiger partial charge in [-0.15, -0.1) is 24.8 Å². The van der Waals surface area contributed by atoms with Crippen molar-refractivity contribution >= 4 is 30.8 Å². The van der Waals surface area contributed by atoms with Crippen molar-refractivity contribution in [1.82, 2.24) is 0 Å². The Kier molecular flexibility index (Phi) is 9.18. The van der Waals surface area contributed by atoms with Crippen molar-refractivity contribution in [3.8, 4) is 0 Å². The number of benzene rings is 1. The second-order valence-electron chi connectivity index (χ2n) is 3.12. The van der Waals surface area contributed by atoms with Gasteiger partial charge in [0.2, 0.25) is 0 Å². The molecule has 92 valence electrons. The summed E-state index contributed by atoms with van der Waals surface area (Å²) >= 11 is 0. The summed E-state index contributed by atoms with van der Waals surface area (Å²) in [5.41, 5.74) is 12.8. The second kappa shape index (κ2) is 8.35. The van der Waals surface area contributed by atoms with Crippen molar-refractivity contribution in [1.29, 1.82) is 0 Å². The van der Waals surface area contributed by atoms with Crippen molar-refractivity contribution in [2.45, 2.75) is 19.0 Å². The van der Waals surface area contributed by atoms with Crippen LogP contribution >= 0.6 is 24.8 Å². The van der Waals surface area contributed by atoms with Crippen LogP contribution in [0.2, 0.25) is 0 Å². The van der Waals surface area contributed by atoms with E-state index in [1.807, 2.05) is 24.3 Å². The maximum Gasteiger partial charge on any atom is 0.320 e. The highest BCUT2D eigenvalue weighted by atomic mass is 35.5. The zero-order valence-corrected chi connectivity index (χ0v) is 10.3. The van der Waals surface area contributed by atoms with E-state index in [1.54, 1.807) is 0 Å². The molecular weight excluding hydrogens is 251 g/mol. The number of hydrogen-bond acceptors (Lipinski definition) is 3. The molecule has 1 unspecified atom stereocenters. The van der Waals surface area contributed by atoms with Crippen molar-refractivity contribution < 1.29 is 9.90 Å². The minimum Gasteiger partial charge on any atom is -0.480 e. The zero-order valence-electron chi connectivity index (χ0n) is 8.63. The first-order valence-electron chi connectivity index (χ1n) is 4.40. The third-order valence-corrected chi connectivity index (χ3v) is 2.10. The molecule has 0 aliphatic heterocycles. The van der Waals surface area contributed by atoms with E-state index in [0.29, 0.717) is 13.0 Å². The molecule has 16 heavy (non-hydrogen) atoms. The van der Waals surface area contributed by atoms with Gasteiger partial charge in [-0.25, -0.2) is 0 Å². The topological polar surface area (TPSA) is 89.3 Å². The average molecular weight is 267 g/mol. The molecular formula is C10H16Cl2N2O2. The van der Waals surface area contributed by atoms with Crippen LogP contribution in [0.3, 0.4) is 0 Å². The highest BCUT2D eigenvalue weighted by Gasteiger charge is 2.13. The molecule has 0 aliphatic carbocycles. The van der Waals surface area contributed by atoms with Gasteiger partial charge in [-0.1, -0.05) is 24.3 Å². The SMILES string of the molecule is Cl.Cl.NCc1ccccc1CC(N)C(=O)O. The monoisotopic (exact) mass is 266 g/mol. The number of carbonyl (C=O) groups is 1. The number of hydrogen-bond donors (Lipinski definition) is 3. The van der Waals surface area contributed by atoms with Crippen LogP contribution in [0.25, 0.3) is 0 Å². The van der Waals surface area contributed by atoms with Crippen LogP contribution in [0.5, 0.6) is 0 Å². The summed E-state index contributed by atoms with van der Waals surface area (Å²) in [6, 6.07) is 6.60. The molecule has 1 atom stereocenters. The van der Waals surface area contributed by atoms with E-state index in [1.165, 1.54) is 0 Å². The summed E-state index contributed by atoms with van der Waals surface area (Å²) in [6.07, 6.45) is 0.322. The molecule has 6 heteroatoms. The number of rotatable bonds is 4. The number of halogens is 2. The molecule has 0 heterocycles. The van der Waals surface area contributed by atoms with E-state index in [-0.39, 0.29) is 24.8 Å². The molecule has 4 nitrogen and oxygen atoms in total. The smallest absolute Gasteiger partial charge is 0.320 e. The molecule has 0 bridgehead atoms. The van der Waals surface area contributed by atoms with Gasteiger partial charge in [0, 0.05) is 6.54 Å². The van der Waals surface area contributed by atoms with Crippen LogP contribution in [-0.2, 0) is 17.8 Å². The Bertz CT molecular complexity index is 334. The first kappa shape index (κ1) is 17.6. The van der Waals surface area contributed by atoms with Crippen LogP contribution in [0, 0.1) is 0 Å². The van der Waals surface area contributed by atoms with Gasteiger partial charge in [0.05, 0.1) is 0 Å². The molecule has 1 aromatic rings. The largest absolute Gasteiger partial charge is 0.480 e. The molecule has 0 spiro atoms. The Morgan fingerprint density at radius 3 is 2.19 bits per heavy atom. The summed E-state index contributed by atoms with van der Waals surface area (Å²) in [7, 11) is 0. The molecule has 1 aromatic carbocycles. The highest BCUT2D eigenvalue weighted by Crippen LogP contribution is 2.09. The minimum absolute atomic E-state index is 0. The Labute approximate surface area is 107 Å². The molecule has 0 aromatic heterocycles. The molecule has 0 radical (unpaired) electrons. The fraction of sp³-hybridized carbons (Fsp3) is 0.300. The maximum atomic E-state index is 10.5. The summed E-state index contributed by atoms with van der Waals surface area (Å²) < 4.78 is 0. The summed E-state index contributed by atoms with van der Waals surface area (Å²) in [5, 5.41) is 8.65. The molecule has 0 saturated carbocycles. The quantitative estimate of drug-likeness (QED) is 0.757. The van der Waals surface area contributed by atoms with E-state index >= 15 is 0 Å². The molecule has 0 amide bonds. The van der Waals surface area contributed by atoms with Gasteiger partial charge < -0.3 is 16.6 Å². The predicted octanol–water partition coefficient (Wildman–Crippen LogP) is 0.943. The third kappa shape index (κ3) is 4.81. The van der Waals surface area contributed by atoms with Gasteiger partial charge in [0.15, 0.2) is 0 Å². The summed E-state index contributed by atoms with van der Waals surface area (Å²) in [5.74, 6) is -0.989. The highest BCUT2D eigenvalue weighted by molar-refractivity contribution is 5.85. The van der Waals surface area contributed by atoms with Crippen LogP contribution in [-0.4, -0.2) is 17.1 Å². The van der Waals surface area contributed by atoms with Crippen molar-refractivity contribution in [3.63, 3.8) is 0 Å². The lowest BCUT2D eigenvalue weighted by Crippen LogP contribution is -2.32. The van der Waals surface area contributed by atoms with Crippen molar-refractivity contribution in [3.05, 3.63) is 35.4 Å². The standard InChI is InChI=1S/C10H14N2O2.2ClH/c11-6-8-4-2-1-3-7(8)5-9(12)10(13)14;;/h1-4,9H,5-6,11-12H2,(H,13,14);2*1H. The Morgan fingerprint density at radius 2 is 1.75 bits per heavy atom. The zero-order chi connectivity index (χ0) is 10.6. The summed E-state index contributed by atoms with van der Waals surface area (Å²) in [6.45, 7) is 0.405. The fourth-order valence-electron chi connectivity index (χ4n) is 1.28. The van der Waals surface area contributed by atoms with Crippen molar-refractivity contribution in [2.24, 2.45) is 11.5 Å². The summed E-state index contributed by atoms with van der Waals surface area (Å²) in [4.78, 5) is 10.5. The van der Waals surface area contributed by atoms with Crippen LogP contribution in [0.4, 0.5) is 0 Å². The van der Waals surface area contributed by atoms with E-state index in [4.69, 9.17) is 16.6 Å². The van der Waals surface area contributed by atoms with Gasteiger partial charge in [0.1, 0.15) is 6.04 Å². The van der Waals surface area contributed by atoms with Gasteiger partial charge in [-0.2, -0.15) is 0 Å². The number of nitrogens with two attached hydrogens (primary N) is 2. The van der Waals surface area contributed by atoms with Gasteiger partial charge >= 0.3 is 5.97 Å². The Hall–Kier alpha value is -0.810. The molecule has 5 N–H and O–H groups in total. The maximum absolute atomic E-state index is 10.5. The van der Waals surface area contributed by atoms with E-state index in [0.717, 1.165) is 11.1 Å². The van der Waals surface area contributed by atoms with Gasteiger partial charge in [-0.3, -0.25) is 4.79 Å². The lowest BCUT2D eigenvalue weighted by atomic mass is 10.0. The Morgan fingerprint density at radius 1 is 1.25 bits per heavy atom. The second-order valence-corrected chi connectivity index (χ2v) is 3.12. The molecule has 0 fully saturated rings. The number of carboxylic acids is 1. The van der Waals surface area contributed by atoms with Crippen LogP contribution in [0.1, 0.15) is 11.1 Å². The Balaban J connectivity index is 0. The van der Waals surface area contributed by atoms with Crippen LogP contribution in [0.15, 0.2) is 24.3 Å². The lowest BCUT2D eigenvalue weighted by molar-refractivity contribution is -0.138. The fourth-order valence-corrected chi connectivity index (χ4v) is 1.28. The normalized spacial score (nSPS) is 10.9. The lowest BCUT2D eigenvalue weighted by Gasteiger charge is -2.10. The minimum atomic E-state index is -0.989. The molecule has 0 saturated heterocycles. The van der Waals surface area contributed by atoms with E-state index < -0.39 is 12.0 Å². The number of carboxylic acid groups (broad SMARTS) is 1. The van der Waals surface area contributed by atoms with Crippen molar-refractivity contribution in [2.75, 3.05) is 0 Å². The molecule has 1 rings (SSSR count). The van der Waals surface area contributed by atoms with Gasteiger partial charge in [0.25, 0.3) is 0 Å². The van der Waals surface area contributed by atoms with Gasteiger partial charge in [-0.05, 0) is 17.5 Å². The average Bonchev–Trinajstić information content (AvgIpc) is 2.18. The van der Waals surface area contributed by atoms with Crippen LogP contribution < -0.4 is 11.5 Å². The first-order chi connectivity index (χ1) is 6.65. The number of aliphatic carboxylic acids is 1. The van der Waals surface area contributed by atoms with E-state index in [2.05, 4.69) is 0 Å². The molecule has 0 aliphatic rings. The van der Waals surface area contributed by atoms with E-state index in [9.17, 15) is 4.79 Å². The first-order valence-corrected chi connectivity index (χ1v) is 4.40. The predicted molar refractivity (Wildman–Crippen MR) is 68.1 cm³/mol. The third-order valence-electron chi connectivity index (χ3n) is 2.10.